The molecule has 0 spiro atoms. The van der Waals surface area contributed by atoms with E-state index in [-0.39, 0.29) is 5.91 Å². The second-order valence-electron chi connectivity index (χ2n) is 5.25. The molecule has 0 saturated heterocycles. The molecule has 0 radical (unpaired) electrons. The van der Waals surface area contributed by atoms with Crippen molar-refractivity contribution in [3.63, 3.8) is 0 Å². The molecular weight excluding hydrogens is 328 g/mol. The Balaban J connectivity index is 1.51. The van der Waals surface area contributed by atoms with E-state index in [1.165, 1.54) is 17.4 Å². The van der Waals surface area contributed by atoms with Gasteiger partial charge in [-0.25, -0.2) is 4.98 Å². The fourth-order valence-electron chi connectivity index (χ4n) is 2.37. The van der Waals surface area contributed by atoms with Gasteiger partial charge in [-0.2, -0.15) is 0 Å². The molecule has 3 aromatic rings. The highest BCUT2D eigenvalue weighted by atomic mass is 32.1. The maximum Gasteiger partial charge on any atom is 0.250 e. The molecule has 1 aliphatic heterocycles. The van der Waals surface area contributed by atoms with Crippen LogP contribution in [0.1, 0.15) is 11.5 Å². The van der Waals surface area contributed by atoms with Crippen LogP contribution in [0.15, 0.2) is 34.8 Å². The lowest BCUT2D eigenvalue weighted by Gasteiger charge is -2.17. The highest BCUT2D eigenvalue weighted by molar-refractivity contribution is 7.22. The first-order chi connectivity index (χ1) is 11.7. The topological polar surface area (TPSA) is 73.6 Å². The van der Waals surface area contributed by atoms with Gasteiger partial charge in [0.05, 0.1) is 10.2 Å². The summed E-state index contributed by atoms with van der Waals surface area (Å²) in [6.45, 7) is 2.92. The lowest BCUT2D eigenvalue weighted by molar-refractivity contribution is -0.111. The minimum atomic E-state index is -0.264. The van der Waals surface area contributed by atoms with Crippen LogP contribution in [0.2, 0.25) is 0 Å². The van der Waals surface area contributed by atoms with Gasteiger partial charge in [-0.05, 0) is 25.1 Å². The van der Waals surface area contributed by atoms with Crippen molar-refractivity contribution in [1.82, 2.24) is 4.98 Å². The van der Waals surface area contributed by atoms with Crippen molar-refractivity contribution in [2.24, 2.45) is 0 Å². The average Bonchev–Trinajstić information content (AvgIpc) is 3.15. The minimum Gasteiger partial charge on any atom is -0.486 e. The highest BCUT2D eigenvalue weighted by Crippen LogP contribution is 2.37. The molecule has 0 atom stereocenters. The number of hydrogen-bond donors (Lipinski definition) is 1. The zero-order valence-corrected chi connectivity index (χ0v) is 13.7. The maximum atomic E-state index is 12.0. The summed E-state index contributed by atoms with van der Waals surface area (Å²) in [5.74, 6) is 2.57. The predicted molar refractivity (Wildman–Crippen MR) is 91.7 cm³/mol. The van der Waals surface area contributed by atoms with Gasteiger partial charge in [0, 0.05) is 18.2 Å². The van der Waals surface area contributed by atoms with Gasteiger partial charge in [0.2, 0.25) is 5.91 Å². The zero-order chi connectivity index (χ0) is 16.5. The Kier molecular flexibility index (Phi) is 3.70. The molecule has 0 saturated carbocycles. The number of hydrogen-bond acceptors (Lipinski definition) is 6. The Hall–Kier alpha value is -2.80. The first kappa shape index (κ1) is 14.8. The molecule has 0 fully saturated rings. The van der Waals surface area contributed by atoms with Gasteiger partial charge in [0.25, 0.3) is 0 Å². The van der Waals surface area contributed by atoms with Crippen molar-refractivity contribution in [2.75, 3.05) is 18.5 Å². The summed E-state index contributed by atoms with van der Waals surface area (Å²) in [6, 6.07) is 7.37. The molecule has 24 heavy (non-hydrogen) atoms. The second kappa shape index (κ2) is 6.01. The first-order valence-electron chi connectivity index (χ1n) is 7.43. The molecule has 2 aromatic heterocycles. The van der Waals surface area contributed by atoms with Gasteiger partial charge in [0.1, 0.15) is 24.7 Å². The number of benzene rings is 1. The van der Waals surface area contributed by atoms with Gasteiger partial charge in [0.15, 0.2) is 16.6 Å². The molecule has 0 bridgehead atoms. The van der Waals surface area contributed by atoms with E-state index in [1.807, 2.05) is 25.1 Å². The Bertz CT molecular complexity index is 898. The molecule has 1 N–H and O–H groups in total. The number of carbonyl (C=O) groups excluding carboxylic acids is 1. The van der Waals surface area contributed by atoms with Crippen LogP contribution < -0.4 is 14.8 Å². The molecule has 6 nitrogen and oxygen atoms in total. The largest absolute Gasteiger partial charge is 0.486 e. The van der Waals surface area contributed by atoms with E-state index in [9.17, 15) is 4.79 Å². The number of anilines is 1. The summed E-state index contributed by atoms with van der Waals surface area (Å²) in [4.78, 5) is 16.4. The van der Waals surface area contributed by atoms with Crippen molar-refractivity contribution < 1.29 is 18.7 Å². The Morgan fingerprint density at radius 1 is 1.25 bits per heavy atom. The summed E-state index contributed by atoms with van der Waals surface area (Å²) in [6.07, 6.45) is 3.04. The van der Waals surface area contributed by atoms with Gasteiger partial charge in [-0.15, -0.1) is 0 Å². The number of aromatic nitrogens is 1. The van der Waals surface area contributed by atoms with Crippen molar-refractivity contribution >= 4 is 38.7 Å². The van der Waals surface area contributed by atoms with Gasteiger partial charge in [-0.3, -0.25) is 10.1 Å². The molecule has 3 heterocycles. The van der Waals surface area contributed by atoms with Gasteiger partial charge < -0.3 is 13.9 Å². The number of fused-ring (bicyclic) bond motifs is 2. The van der Waals surface area contributed by atoms with E-state index < -0.39 is 0 Å². The normalized spacial score (nSPS) is 13.5. The molecule has 0 aliphatic carbocycles. The summed E-state index contributed by atoms with van der Waals surface area (Å²) in [5, 5.41) is 3.28. The lowest BCUT2D eigenvalue weighted by atomic mass is 10.3. The van der Waals surface area contributed by atoms with Crippen molar-refractivity contribution in [1.29, 1.82) is 0 Å². The van der Waals surface area contributed by atoms with Crippen LogP contribution in [0.3, 0.4) is 0 Å². The third kappa shape index (κ3) is 2.98. The maximum absolute atomic E-state index is 12.0. The van der Waals surface area contributed by atoms with E-state index >= 15 is 0 Å². The number of carbonyl (C=O) groups is 1. The number of furan rings is 1. The minimum absolute atomic E-state index is 0.264. The van der Waals surface area contributed by atoms with Crippen LogP contribution in [-0.4, -0.2) is 24.1 Å². The third-order valence-corrected chi connectivity index (χ3v) is 4.38. The van der Waals surface area contributed by atoms with Crippen molar-refractivity contribution in [3.05, 3.63) is 41.9 Å². The van der Waals surface area contributed by atoms with Crippen LogP contribution in [-0.2, 0) is 4.79 Å². The Labute approximate surface area is 141 Å². The molecule has 0 unspecified atom stereocenters. The highest BCUT2D eigenvalue weighted by Gasteiger charge is 2.15. The second-order valence-corrected chi connectivity index (χ2v) is 6.28. The molecule has 122 valence electrons. The van der Waals surface area contributed by atoms with Crippen LogP contribution in [0, 0.1) is 6.92 Å². The van der Waals surface area contributed by atoms with E-state index in [2.05, 4.69) is 10.3 Å². The molecular formula is C17H14N2O4S. The average molecular weight is 342 g/mol. The Morgan fingerprint density at radius 3 is 2.79 bits per heavy atom. The number of rotatable bonds is 3. The lowest BCUT2D eigenvalue weighted by Crippen LogP contribution is -2.15. The fraction of sp³-hybridized carbons (Fsp3) is 0.176. The van der Waals surface area contributed by atoms with Gasteiger partial charge in [-0.1, -0.05) is 11.3 Å². The van der Waals surface area contributed by atoms with Gasteiger partial charge >= 0.3 is 0 Å². The predicted octanol–water partition coefficient (Wildman–Crippen LogP) is 3.62. The van der Waals surface area contributed by atoms with E-state index in [0.29, 0.717) is 35.6 Å². The number of thiazole rings is 1. The van der Waals surface area contributed by atoms with Crippen LogP contribution >= 0.6 is 11.3 Å². The monoisotopic (exact) mass is 342 g/mol. The van der Waals surface area contributed by atoms with E-state index in [1.54, 1.807) is 12.1 Å². The number of nitrogens with zero attached hydrogens (tertiary/aromatic N) is 1. The number of amides is 1. The quantitative estimate of drug-likeness (QED) is 0.736. The van der Waals surface area contributed by atoms with Crippen LogP contribution in [0.25, 0.3) is 16.3 Å². The van der Waals surface area contributed by atoms with E-state index in [4.69, 9.17) is 13.9 Å². The summed E-state index contributed by atoms with van der Waals surface area (Å²) in [5.41, 5.74) is 0.769. The molecule has 1 aliphatic rings. The first-order valence-corrected chi connectivity index (χ1v) is 8.25. The van der Waals surface area contributed by atoms with Crippen molar-refractivity contribution in [3.8, 4) is 11.5 Å². The van der Waals surface area contributed by atoms with Crippen molar-refractivity contribution in [2.45, 2.75) is 6.92 Å². The standard InChI is InChI=1S/C17H14N2O4S/c1-10-2-3-11(23-10)4-5-16(20)19-17-18-12-8-13-14(9-15(12)24-17)22-7-6-21-13/h2-5,8-9H,6-7H2,1H3,(H,18,19,20)/b5-4+. The molecule has 1 amide bonds. The number of aryl methyl sites for hydroxylation is 1. The smallest absolute Gasteiger partial charge is 0.250 e. The Morgan fingerprint density at radius 2 is 2.04 bits per heavy atom. The fourth-order valence-corrected chi connectivity index (χ4v) is 3.25. The zero-order valence-electron chi connectivity index (χ0n) is 12.9. The van der Waals surface area contributed by atoms with Crippen LogP contribution in [0.5, 0.6) is 11.5 Å². The third-order valence-electron chi connectivity index (χ3n) is 3.44. The SMILES string of the molecule is Cc1ccc(/C=C/C(=O)Nc2nc3cc4c(cc3s2)OCCO4)o1. The summed E-state index contributed by atoms with van der Waals surface area (Å²) >= 11 is 1.39. The molecule has 7 heteroatoms. The summed E-state index contributed by atoms with van der Waals surface area (Å²) < 4.78 is 17.4. The number of nitrogens with one attached hydrogen (secondary N) is 1. The molecule has 1 aromatic carbocycles. The van der Waals surface area contributed by atoms with Crippen LogP contribution in [0.4, 0.5) is 5.13 Å². The number of ether oxygens (including phenoxy) is 2. The molecule has 4 rings (SSSR count). The van der Waals surface area contributed by atoms with E-state index in [0.717, 1.165) is 16.0 Å². The summed E-state index contributed by atoms with van der Waals surface area (Å²) in [7, 11) is 0.